The first-order valence-electron chi connectivity index (χ1n) is 7.95. The number of aromatic amines is 1. The maximum atomic E-state index is 12.8. The summed E-state index contributed by atoms with van der Waals surface area (Å²) in [4.78, 5) is 38.2. The number of rotatable bonds is 5. The third kappa shape index (κ3) is 3.19. The van der Waals surface area contributed by atoms with Crippen LogP contribution in [0.4, 0.5) is 5.69 Å². The highest BCUT2D eigenvalue weighted by Gasteiger charge is 2.25. The van der Waals surface area contributed by atoms with Gasteiger partial charge in [0.15, 0.2) is 6.10 Å². The molecule has 0 radical (unpaired) electrons. The highest BCUT2D eigenvalue weighted by atomic mass is 16.6. The second kappa shape index (κ2) is 6.79. The molecule has 0 saturated heterocycles. The molecule has 0 unspecified atom stereocenters. The number of non-ortho nitro benzene ring substituents is 1. The number of nitrogens with zero attached hydrogens (tertiary/aromatic N) is 1. The number of para-hydroxylation sites is 1. The van der Waals surface area contributed by atoms with Gasteiger partial charge in [0.05, 0.1) is 10.5 Å². The van der Waals surface area contributed by atoms with Crippen molar-refractivity contribution in [1.82, 2.24) is 4.98 Å². The fraction of sp³-hybridized carbons (Fsp3) is 0.158. The normalized spacial score (nSPS) is 11.9. The van der Waals surface area contributed by atoms with Crippen LogP contribution < -0.4 is 0 Å². The van der Waals surface area contributed by atoms with Gasteiger partial charge < -0.3 is 9.72 Å². The van der Waals surface area contributed by atoms with E-state index in [0.717, 1.165) is 10.9 Å². The summed E-state index contributed by atoms with van der Waals surface area (Å²) in [6, 6.07) is 12.4. The predicted octanol–water partition coefficient (Wildman–Crippen LogP) is 3.81. The summed E-state index contributed by atoms with van der Waals surface area (Å²) in [5.41, 5.74) is 2.05. The molecule has 1 heterocycles. The molecule has 0 spiro atoms. The molecule has 3 rings (SSSR count). The number of nitro groups is 1. The Balaban J connectivity index is 1.79. The summed E-state index contributed by atoms with van der Waals surface area (Å²) >= 11 is 0. The number of aromatic nitrogens is 1. The van der Waals surface area contributed by atoms with Crippen LogP contribution in [0, 0.1) is 17.0 Å². The molecule has 1 N–H and O–H groups in total. The van der Waals surface area contributed by atoms with Crippen LogP contribution in [0.2, 0.25) is 0 Å². The lowest BCUT2D eigenvalue weighted by molar-refractivity contribution is -0.384. The molecule has 2 aromatic carbocycles. The summed E-state index contributed by atoms with van der Waals surface area (Å²) in [6.45, 7) is 3.30. The van der Waals surface area contributed by atoms with Crippen LogP contribution in [0.5, 0.6) is 0 Å². The number of aryl methyl sites for hydroxylation is 1. The lowest BCUT2D eigenvalue weighted by atomic mass is 10.0. The average Bonchev–Trinajstić information content (AvgIpc) is 2.96. The molecule has 0 fully saturated rings. The van der Waals surface area contributed by atoms with E-state index < -0.39 is 17.0 Å². The molecule has 3 aromatic rings. The van der Waals surface area contributed by atoms with Gasteiger partial charge in [0.25, 0.3) is 5.69 Å². The Labute approximate surface area is 148 Å². The zero-order valence-corrected chi connectivity index (χ0v) is 14.2. The topological polar surface area (TPSA) is 102 Å². The van der Waals surface area contributed by atoms with Gasteiger partial charge in [-0.2, -0.15) is 0 Å². The van der Waals surface area contributed by atoms with E-state index in [0.29, 0.717) is 11.3 Å². The van der Waals surface area contributed by atoms with E-state index in [9.17, 15) is 19.7 Å². The van der Waals surface area contributed by atoms with Crippen molar-refractivity contribution in [3.05, 3.63) is 75.5 Å². The van der Waals surface area contributed by atoms with Crippen molar-refractivity contribution in [2.45, 2.75) is 20.0 Å². The smallest absolute Gasteiger partial charge is 0.338 e. The van der Waals surface area contributed by atoms with Crippen LogP contribution in [0.1, 0.15) is 33.3 Å². The summed E-state index contributed by atoms with van der Waals surface area (Å²) in [7, 11) is 0. The fourth-order valence-corrected chi connectivity index (χ4v) is 2.80. The third-order valence-electron chi connectivity index (χ3n) is 4.11. The van der Waals surface area contributed by atoms with Crippen LogP contribution in [0.25, 0.3) is 10.9 Å². The Morgan fingerprint density at radius 1 is 1.12 bits per heavy atom. The Morgan fingerprint density at radius 2 is 1.77 bits per heavy atom. The van der Waals surface area contributed by atoms with Crippen molar-refractivity contribution in [3.8, 4) is 0 Å². The van der Waals surface area contributed by atoms with Crippen molar-refractivity contribution in [1.29, 1.82) is 0 Å². The van der Waals surface area contributed by atoms with E-state index >= 15 is 0 Å². The number of H-pyrrole nitrogens is 1. The molecule has 0 saturated carbocycles. The monoisotopic (exact) mass is 352 g/mol. The first kappa shape index (κ1) is 17.3. The van der Waals surface area contributed by atoms with Crippen molar-refractivity contribution in [2.24, 2.45) is 0 Å². The second-order valence-corrected chi connectivity index (χ2v) is 5.89. The number of nitro benzene ring substituents is 1. The minimum absolute atomic E-state index is 0.125. The van der Waals surface area contributed by atoms with Gasteiger partial charge in [-0.05, 0) is 32.0 Å². The zero-order chi connectivity index (χ0) is 18.8. The fourth-order valence-electron chi connectivity index (χ4n) is 2.80. The number of carbonyl (C=O) groups excluding carboxylic acids is 2. The molecule has 132 valence electrons. The van der Waals surface area contributed by atoms with Crippen LogP contribution in [0.3, 0.4) is 0 Å². The maximum absolute atomic E-state index is 12.8. The maximum Gasteiger partial charge on any atom is 0.338 e. The minimum atomic E-state index is -0.990. The minimum Gasteiger partial charge on any atom is -0.451 e. The molecule has 0 bridgehead atoms. The van der Waals surface area contributed by atoms with Crippen LogP contribution >= 0.6 is 0 Å². The Kier molecular flexibility index (Phi) is 4.53. The van der Waals surface area contributed by atoms with Crippen LogP contribution in [0.15, 0.2) is 48.5 Å². The van der Waals surface area contributed by atoms with E-state index in [1.54, 1.807) is 6.92 Å². The molecule has 0 aliphatic heterocycles. The van der Waals surface area contributed by atoms with Gasteiger partial charge >= 0.3 is 5.97 Å². The van der Waals surface area contributed by atoms with Gasteiger partial charge in [-0.25, -0.2) is 4.79 Å². The van der Waals surface area contributed by atoms with Crippen LogP contribution in [-0.4, -0.2) is 27.8 Å². The van der Waals surface area contributed by atoms with Gasteiger partial charge in [0, 0.05) is 34.3 Å². The largest absolute Gasteiger partial charge is 0.451 e. The van der Waals surface area contributed by atoms with E-state index in [2.05, 4.69) is 4.98 Å². The van der Waals surface area contributed by atoms with Crippen molar-refractivity contribution >= 4 is 28.3 Å². The number of esters is 1. The standard InChI is InChI=1S/C19H16N2O5/c1-11-17(15-5-3-4-6-16(15)20-11)18(22)12(2)26-19(23)13-7-9-14(10-8-13)21(24)25/h3-10,12,20H,1-2H3/t12-/m0/s1. The number of Topliss-reactive ketones (excluding diaryl/α,β-unsaturated/α-hetero) is 1. The summed E-state index contributed by atoms with van der Waals surface area (Å²) in [6.07, 6.45) is -0.990. The number of carbonyl (C=O) groups is 2. The quantitative estimate of drug-likeness (QED) is 0.325. The SMILES string of the molecule is Cc1[nH]c2ccccc2c1C(=O)[C@H](C)OC(=O)c1ccc([N+](=O)[O-])cc1. The van der Waals surface area contributed by atoms with Gasteiger partial charge in [-0.3, -0.25) is 14.9 Å². The second-order valence-electron chi connectivity index (χ2n) is 5.89. The van der Waals surface area contributed by atoms with E-state index in [1.807, 2.05) is 24.3 Å². The van der Waals surface area contributed by atoms with Crippen molar-refractivity contribution < 1.29 is 19.2 Å². The summed E-state index contributed by atoms with van der Waals surface area (Å²) < 4.78 is 5.25. The third-order valence-corrected chi connectivity index (χ3v) is 4.11. The lowest BCUT2D eigenvalue weighted by Crippen LogP contribution is -2.24. The molecule has 26 heavy (non-hydrogen) atoms. The zero-order valence-electron chi connectivity index (χ0n) is 14.2. The molecule has 1 aromatic heterocycles. The van der Waals surface area contributed by atoms with Crippen molar-refractivity contribution in [2.75, 3.05) is 0 Å². The predicted molar refractivity (Wildman–Crippen MR) is 95.3 cm³/mol. The highest BCUT2D eigenvalue weighted by Crippen LogP contribution is 2.24. The number of benzene rings is 2. The molecule has 0 amide bonds. The average molecular weight is 352 g/mol. The number of ketones is 1. The number of ether oxygens (including phenoxy) is 1. The Morgan fingerprint density at radius 3 is 2.42 bits per heavy atom. The van der Waals surface area contributed by atoms with Gasteiger partial charge in [0.1, 0.15) is 0 Å². The molecular formula is C19H16N2O5. The molecule has 7 nitrogen and oxygen atoms in total. The molecule has 0 aliphatic carbocycles. The number of hydrogen-bond acceptors (Lipinski definition) is 5. The molecule has 7 heteroatoms. The lowest BCUT2D eigenvalue weighted by Gasteiger charge is -2.12. The first-order chi connectivity index (χ1) is 12.4. The number of hydrogen-bond donors (Lipinski definition) is 1. The van der Waals surface area contributed by atoms with E-state index in [1.165, 1.54) is 31.2 Å². The summed E-state index contributed by atoms with van der Waals surface area (Å²) in [5.74, 6) is -1.02. The Bertz CT molecular complexity index is 1000. The molecular weight excluding hydrogens is 336 g/mol. The first-order valence-corrected chi connectivity index (χ1v) is 7.95. The van der Waals surface area contributed by atoms with Gasteiger partial charge in [0.2, 0.25) is 5.78 Å². The van der Waals surface area contributed by atoms with Crippen molar-refractivity contribution in [3.63, 3.8) is 0 Å². The Hall–Kier alpha value is -3.48. The molecule has 0 aliphatic rings. The number of fused-ring (bicyclic) bond motifs is 1. The molecule has 1 atom stereocenters. The summed E-state index contributed by atoms with van der Waals surface area (Å²) in [5, 5.41) is 11.4. The van der Waals surface area contributed by atoms with E-state index in [4.69, 9.17) is 4.74 Å². The van der Waals surface area contributed by atoms with E-state index in [-0.39, 0.29) is 17.0 Å². The number of nitrogens with one attached hydrogen (secondary N) is 1. The van der Waals surface area contributed by atoms with Gasteiger partial charge in [-0.15, -0.1) is 0 Å². The highest BCUT2D eigenvalue weighted by molar-refractivity contribution is 6.11. The van der Waals surface area contributed by atoms with Gasteiger partial charge in [-0.1, -0.05) is 18.2 Å². The van der Waals surface area contributed by atoms with Crippen LogP contribution in [-0.2, 0) is 4.74 Å².